The van der Waals surface area contributed by atoms with Crippen molar-refractivity contribution in [3.8, 4) is 11.5 Å². The van der Waals surface area contributed by atoms with Crippen molar-refractivity contribution >= 4 is 35.7 Å². The topological polar surface area (TPSA) is 418 Å². The van der Waals surface area contributed by atoms with Crippen molar-refractivity contribution < 1.29 is 136 Å². The van der Waals surface area contributed by atoms with Crippen LogP contribution in [-0.2, 0) is 79.5 Å². The maximum atomic E-state index is 14.2. The van der Waals surface area contributed by atoms with Crippen LogP contribution in [0.4, 0.5) is 9.59 Å². The first kappa shape index (κ1) is 104. The fourth-order valence-electron chi connectivity index (χ4n) is 26.2. The SMILES string of the molecule is COc1ccc(C(=O)OC2C(OC3C(O)COC(O[C@H]4C[C@H]5[C@@H]6CC=C7C[C@@H](O)CC[C@]7(C)C6CC[C@]5(C)[C@@]4(O)[C@H](C)C(=O)CCC(C)C)C3C)OCC(O)C2OC(=O)NCc2ccccc2)cc1.COc1ccc(C(=O)OC2C(OC3C(O)COC(O[C@H]4C[C@H]5[C@@H]6CC=C7C[C@@H](OC(=O)NCc8ccccc8)CC[C@]7(C)C6CC[C@]5(C)[C@@]4(O)[C@H](C)C(=O)CCC(C)C)C3C)OCC(O)C2O)cc1. The zero-order chi connectivity index (χ0) is 98.8. The van der Waals surface area contributed by atoms with Crippen LogP contribution in [0.25, 0.3) is 0 Å². The summed E-state index contributed by atoms with van der Waals surface area (Å²) in [6, 6.07) is 31.4. The lowest BCUT2D eigenvalue weighted by molar-refractivity contribution is -0.333. The van der Waals surface area contributed by atoms with Gasteiger partial charge in [0.25, 0.3) is 0 Å². The molecule has 12 aliphatic rings. The second kappa shape index (κ2) is 43.8. The molecule has 2 amide bonds. The lowest BCUT2D eigenvalue weighted by Gasteiger charge is -2.59. The quantitative estimate of drug-likeness (QED) is 0.0132. The zero-order valence-corrected chi connectivity index (χ0v) is 82.6. The summed E-state index contributed by atoms with van der Waals surface area (Å²) in [5.74, 6) is -1.72. The van der Waals surface area contributed by atoms with Crippen LogP contribution >= 0.6 is 0 Å². The van der Waals surface area contributed by atoms with Crippen LogP contribution in [0, 0.1) is 92.7 Å². The molecule has 8 aliphatic carbocycles. The molecule has 30 heteroatoms. The number of carbonyl (C=O) groups excluding carboxylic acids is 6. The van der Waals surface area contributed by atoms with Gasteiger partial charge in [-0.3, -0.25) is 9.59 Å². The van der Waals surface area contributed by atoms with Crippen molar-refractivity contribution in [2.45, 2.75) is 334 Å². The molecule has 0 radical (unpaired) electrons. The van der Waals surface area contributed by atoms with Crippen molar-refractivity contribution in [3.05, 3.63) is 155 Å². The number of fused-ring (bicyclic) bond motifs is 10. The molecule has 34 atom stereocenters. The first-order valence-corrected chi connectivity index (χ1v) is 50.5. The van der Waals surface area contributed by atoms with E-state index in [0.29, 0.717) is 106 Å². The van der Waals surface area contributed by atoms with Gasteiger partial charge < -0.3 is 118 Å². The van der Waals surface area contributed by atoms with Gasteiger partial charge in [-0.05, 0) is 214 Å². The summed E-state index contributed by atoms with van der Waals surface area (Å²) >= 11 is 0. The average Bonchev–Trinajstić information content (AvgIpc) is 1.52. The Morgan fingerprint density at radius 1 is 0.435 bits per heavy atom. The zero-order valence-electron chi connectivity index (χ0n) is 82.6. The van der Waals surface area contributed by atoms with E-state index < -0.39 is 168 Å². The number of esters is 2. The Bertz CT molecular complexity index is 4870. The molecule has 18 unspecified atom stereocenters. The van der Waals surface area contributed by atoms with E-state index in [9.17, 15) is 69.6 Å². The molecule has 4 saturated heterocycles. The molecule has 0 bridgehead atoms. The number of rotatable bonds is 30. The van der Waals surface area contributed by atoms with Gasteiger partial charge in [0.15, 0.2) is 43.5 Å². The van der Waals surface area contributed by atoms with Crippen molar-refractivity contribution in [2.75, 3.05) is 40.6 Å². The predicted octanol–water partition coefficient (Wildman–Crippen LogP) is 13.3. The Balaban J connectivity index is 0.000000209. The molecule has 4 aromatic carbocycles. The van der Waals surface area contributed by atoms with Gasteiger partial charge in [0.05, 0.1) is 82.3 Å². The molecule has 16 rings (SSSR count). The molecule has 4 aromatic rings. The number of hydrogen-bond acceptors (Lipinski definition) is 28. The number of benzene rings is 4. The fraction of sp³-hybridized carbons (Fsp3) is 0.685. The van der Waals surface area contributed by atoms with Crippen molar-refractivity contribution in [3.63, 3.8) is 0 Å². The largest absolute Gasteiger partial charge is 0.497 e. The highest BCUT2D eigenvalue weighted by Gasteiger charge is 2.73. The van der Waals surface area contributed by atoms with Gasteiger partial charge >= 0.3 is 24.1 Å². The number of aliphatic hydroxyl groups is 8. The molecule has 0 aromatic heterocycles. The predicted molar refractivity (Wildman–Crippen MR) is 505 cm³/mol. The number of alkyl carbamates (subject to hydrolysis) is 2. The Morgan fingerprint density at radius 3 is 1.28 bits per heavy atom. The van der Waals surface area contributed by atoms with Crippen LogP contribution in [-0.4, -0.2) is 239 Å². The molecule has 30 nitrogen and oxygen atoms in total. The molecule has 4 heterocycles. The smallest absolute Gasteiger partial charge is 0.407 e. The minimum Gasteiger partial charge on any atom is -0.497 e. The van der Waals surface area contributed by atoms with Gasteiger partial charge in [-0.15, -0.1) is 0 Å². The third kappa shape index (κ3) is 21.3. The summed E-state index contributed by atoms with van der Waals surface area (Å²) in [5, 5.41) is 99.2. The maximum absolute atomic E-state index is 14.2. The number of Topliss-reactive ketones (excluding diaryl/α,β-unsaturated/α-hetero) is 2. The Morgan fingerprint density at radius 2 is 0.833 bits per heavy atom. The van der Waals surface area contributed by atoms with Gasteiger partial charge in [0.1, 0.15) is 70.9 Å². The second-order valence-corrected chi connectivity index (χ2v) is 43.4. The summed E-state index contributed by atoms with van der Waals surface area (Å²) in [6.07, 6.45) is -4.37. The fourth-order valence-corrected chi connectivity index (χ4v) is 26.2. The van der Waals surface area contributed by atoms with Crippen LogP contribution < -0.4 is 20.1 Å². The molecule has 760 valence electrons. The maximum Gasteiger partial charge on any atom is 0.407 e. The Kier molecular flexibility index (Phi) is 33.1. The van der Waals surface area contributed by atoms with E-state index in [1.807, 2.05) is 74.5 Å². The van der Waals surface area contributed by atoms with Gasteiger partial charge in [-0.1, -0.05) is 167 Å². The normalized spacial score (nSPS) is 39.0. The first-order chi connectivity index (χ1) is 65.7. The highest BCUT2D eigenvalue weighted by Crippen LogP contribution is 2.72. The Hall–Kier alpha value is -7.86. The highest BCUT2D eigenvalue weighted by molar-refractivity contribution is 5.90. The van der Waals surface area contributed by atoms with Gasteiger partial charge in [0.2, 0.25) is 0 Å². The van der Waals surface area contributed by atoms with Crippen LogP contribution in [0.15, 0.2) is 132 Å². The highest BCUT2D eigenvalue weighted by atomic mass is 16.8. The molecule has 4 aliphatic heterocycles. The molecule has 10 N–H and O–H groups in total. The lowest BCUT2D eigenvalue weighted by Crippen LogP contribution is -2.62. The van der Waals surface area contributed by atoms with Crippen molar-refractivity contribution in [2.24, 2.45) is 92.7 Å². The number of aliphatic hydroxyl groups excluding tert-OH is 6. The van der Waals surface area contributed by atoms with E-state index in [-0.39, 0.29) is 102 Å². The third-order valence-corrected chi connectivity index (χ3v) is 34.6. The van der Waals surface area contributed by atoms with E-state index in [0.717, 1.165) is 62.5 Å². The van der Waals surface area contributed by atoms with Crippen molar-refractivity contribution in [1.82, 2.24) is 10.6 Å². The molecule has 6 saturated carbocycles. The van der Waals surface area contributed by atoms with Crippen LogP contribution in [0.5, 0.6) is 11.5 Å². The van der Waals surface area contributed by atoms with Crippen LogP contribution in [0.2, 0.25) is 0 Å². The monoisotopic (exact) mass is 1920 g/mol. The minimum atomic E-state index is -1.57. The number of allylic oxidation sites excluding steroid dienone is 2. The number of carbonyl (C=O) groups is 6. The van der Waals surface area contributed by atoms with Gasteiger partial charge in [-0.2, -0.15) is 0 Å². The summed E-state index contributed by atoms with van der Waals surface area (Å²) < 4.78 is 85.3. The standard InChI is InChI=1S/2C54H75NO14/c1-30(2)13-20-41(57)32(4)54(62)44(26-40-38-19-16-35-25-36(56)21-23-52(35,5)39(38)22-24-53(40,54)6)66-49-31(3)45(42(58)28-64-49)68-50-47(67-48(60)34-14-17-37(63-7)18-15-34)46(43(59)29-65-50)69-51(61)55-27-33-11-9-8-10-12-33;1-30(2)13-20-41(56)32(4)54(62)44(67-49-31(3)46(43(58)29-64-49)69-50-47(45(59)42(57)28-65-50)68-48(60)34-14-17-36(63-7)18-15-34)26-40-38-19-16-35-25-37(66-51(61)55-27-33-11-9-8-10-12-33)21-23-52(35,5)39(38)22-24-53(40,54)6/h8-12,14-18,30-32,36,38-40,42-47,49-50,56,58-59,62H,13,19-29H2,1-7H3,(H,55,61);8-12,14-18,30-32,37-40,42-47,49-50,57-59,62H,13,19-29H2,1-7H3,(H,55,61)/t31?,32-,36+,38-,39?,40+,42?,43?,44+,45?,46?,47?,49?,50?,52+,53+,54-;31?,32-,37+,38-,39?,40+,42?,43?,44+,45?,46?,47?,49?,50?,52+,53+,54-/m11/s1. The number of hydrogen-bond donors (Lipinski definition) is 10. The van der Waals surface area contributed by atoms with E-state index in [2.05, 4.69) is 78.2 Å². The molecular weight excluding hydrogens is 1770 g/mol. The van der Waals surface area contributed by atoms with E-state index in [1.54, 1.807) is 38.1 Å². The average molecular weight is 1920 g/mol. The van der Waals surface area contributed by atoms with E-state index in [4.69, 9.17) is 66.3 Å². The van der Waals surface area contributed by atoms with Crippen LogP contribution in [0.1, 0.15) is 231 Å². The summed E-state index contributed by atoms with van der Waals surface area (Å²) in [4.78, 5) is 81.8. The summed E-state index contributed by atoms with van der Waals surface area (Å²) in [7, 11) is 3.01. The van der Waals surface area contributed by atoms with E-state index in [1.165, 1.54) is 49.6 Å². The first-order valence-electron chi connectivity index (χ1n) is 50.5. The minimum absolute atomic E-state index is 0.000181. The van der Waals surface area contributed by atoms with E-state index >= 15 is 0 Å². The Labute approximate surface area is 811 Å². The summed E-state index contributed by atoms with van der Waals surface area (Å²) in [5.41, 5.74) is 0.155. The number of nitrogens with one attached hydrogen (secondary N) is 2. The molecular formula is C108H150N2O28. The second-order valence-electron chi connectivity index (χ2n) is 43.4. The number of methoxy groups -OCH3 is 2. The molecule has 10 fully saturated rings. The van der Waals surface area contributed by atoms with Crippen LogP contribution in [0.3, 0.4) is 0 Å². The number of ether oxygens (including phenoxy) is 14. The number of amides is 2. The summed E-state index contributed by atoms with van der Waals surface area (Å²) in [6.45, 7) is 24.1. The molecule has 138 heavy (non-hydrogen) atoms. The van der Waals surface area contributed by atoms with Gasteiger partial charge in [-0.25, -0.2) is 19.2 Å². The molecule has 0 spiro atoms. The van der Waals surface area contributed by atoms with Crippen molar-refractivity contribution in [1.29, 1.82) is 0 Å². The number of ketones is 2. The third-order valence-electron chi connectivity index (χ3n) is 34.6. The lowest BCUT2D eigenvalue weighted by atomic mass is 9.46. The van der Waals surface area contributed by atoms with Gasteiger partial charge in [0, 0.05) is 66.9 Å².